The van der Waals surface area contributed by atoms with Crippen LogP contribution in [0.3, 0.4) is 0 Å². The van der Waals surface area contributed by atoms with Gasteiger partial charge in [0.05, 0.1) is 12.9 Å². The van der Waals surface area contributed by atoms with Gasteiger partial charge in [-0.3, -0.25) is 19.3 Å². The van der Waals surface area contributed by atoms with Crippen molar-refractivity contribution < 1.29 is 62.7 Å². The second-order valence-corrected chi connectivity index (χ2v) is 6.58. The summed E-state index contributed by atoms with van der Waals surface area (Å²) >= 11 is 0. The summed E-state index contributed by atoms with van der Waals surface area (Å²) in [7, 11) is -4.47. The molecule has 2 fully saturated rings. The van der Waals surface area contributed by atoms with Crippen molar-refractivity contribution in [1.29, 1.82) is 0 Å². The van der Waals surface area contributed by atoms with Gasteiger partial charge in [-0.1, -0.05) is 0 Å². The van der Waals surface area contributed by atoms with Crippen LogP contribution in [0, 0.1) is 0 Å². The predicted molar refractivity (Wildman–Crippen MR) is 71.3 cm³/mol. The summed E-state index contributed by atoms with van der Waals surface area (Å²) < 4.78 is 26.2. The van der Waals surface area contributed by atoms with Gasteiger partial charge in [0.25, 0.3) is 13.7 Å². The van der Waals surface area contributed by atoms with Gasteiger partial charge in [0.15, 0.2) is 18.1 Å². The van der Waals surface area contributed by atoms with Crippen molar-refractivity contribution in [2.24, 2.45) is 20.7 Å². The van der Waals surface area contributed by atoms with Crippen LogP contribution >= 0.6 is 7.82 Å². The molecule has 4 heterocycles. The number of hydrogen-bond acceptors (Lipinski definition) is 11. The number of hydrogen-bond donors (Lipinski definition) is 2. The molecule has 4 rings (SSSR count). The summed E-state index contributed by atoms with van der Waals surface area (Å²) in [5.41, 5.74) is 5.46. The number of fused-ring (bicyclic) bond motifs is 2. The molecule has 6 atom stereocenters. The molecule has 124 valence electrons. The quantitative estimate of drug-likeness (QED) is 0.338. The van der Waals surface area contributed by atoms with Crippen molar-refractivity contribution in [3.05, 3.63) is 0 Å². The van der Waals surface area contributed by atoms with E-state index in [1.807, 2.05) is 0 Å². The molecular formula is C10H11N5NaO7P. The minimum atomic E-state index is -4.47. The van der Waals surface area contributed by atoms with E-state index < -0.39 is 44.3 Å². The van der Waals surface area contributed by atoms with Crippen molar-refractivity contribution in [1.82, 2.24) is 4.90 Å². The van der Waals surface area contributed by atoms with Crippen LogP contribution in [0.25, 0.3) is 0 Å². The average molecular weight is 367 g/mol. The Morgan fingerprint density at radius 1 is 1.46 bits per heavy atom. The number of carbonyl (C=O) groups is 1. The SMILES string of the molecule is NC1=NC(=O)C2N=CN([C@@H]3O[C@@H]4COP(=O)([O-])O[C@H]4[C@H]3O)C2=N1.[Na+]. The van der Waals surface area contributed by atoms with Crippen LogP contribution in [-0.2, 0) is 23.1 Å². The first kappa shape index (κ1) is 18.1. The van der Waals surface area contributed by atoms with Gasteiger partial charge in [0, 0.05) is 0 Å². The molecule has 0 aliphatic carbocycles. The van der Waals surface area contributed by atoms with Crippen LogP contribution in [-0.4, -0.2) is 71.2 Å². The minimum Gasteiger partial charge on any atom is -0.756 e. The standard InChI is InChI=1S/C10H12N5O7P.Na/c11-10-13-7-4(8(17)14-10)12-2-15(7)9-5(16)6-3(21-9)1-20-23(18,19)22-6;/h2-6,9,16H,1H2,(H,18,19)(H2,11,14,17);/q;+1/p-1/t3-,4?,5-,6-,9-;/m1./s1. The maximum absolute atomic E-state index is 11.7. The monoisotopic (exact) mass is 367 g/mol. The fourth-order valence-electron chi connectivity index (χ4n) is 2.77. The maximum Gasteiger partial charge on any atom is 1.00 e. The average Bonchev–Trinajstić information content (AvgIpc) is 3.00. The first-order chi connectivity index (χ1) is 10.9. The maximum atomic E-state index is 11.7. The van der Waals surface area contributed by atoms with E-state index in [-0.39, 0.29) is 48.0 Å². The summed E-state index contributed by atoms with van der Waals surface area (Å²) in [6.45, 7) is -0.275. The van der Waals surface area contributed by atoms with Crippen molar-refractivity contribution >= 4 is 31.9 Å². The molecule has 0 aromatic rings. The predicted octanol–water partition coefficient (Wildman–Crippen LogP) is -6.07. The molecule has 2 unspecified atom stereocenters. The van der Waals surface area contributed by atoms with Crippen molar-refractivity contribution in [3.63, 3.8) is 0 Å². The molecule has 0 saturated carbocycles. The smallest absolute Gasteiger partial charge is 0.756 e. The zero-order valence-corrected chi connectivity index (χ0v) is 15.3. The Kier molecular flexibility index (Phi) is 4.71. The van der Waals surface area contributed by atoms with Gasteiger partial charge in [0.1, 0.15) is 18.3 Å². The second-order valence-electron chi connectivity index (χ2n) is 5.22. The summed E-state index contributed by atoms with van der Waals surface area (Å²) in [4.78, 5) is 35.8. The third-order valence-corrected chi connectivity index (χ3v) is 4.74. The first-order valence-electron chi connectivity index (χ1n) is 6.61. The van der Waals surface area contributed by atoms with E-state index in [1.54, 1.807) is 0 Å². The summed E-state index contributed by atoms with van der Waals surface area (Å²) in [6, 6.07) is -0.955. The molecule has 4 aliphatic rings. The van der Waals surface area contributed by atoms with E-state index in [4.69, 9.17) is 15.0 Å². The van der Waals surface area contributed by atoms with E-state index in [9.17, 15) is 19.4 Å². The minimum absolute atomic E-state index is 0. The van der Waals surface area contributed by atoms with Crippen molar-refractivity contribution in [2.45, 2.75) is 30.6 Å². The summed E-state index contributed by atoms with van der Waals surface area (Å²) in [6.07, 6.45) is -3.01. The molecule has 4 aliphatic heterocycles. The van der Waals surface area contributed by atoms with Crippen molar-refractivity contribution in [2.75, 3.05) is 6.61 Å². The summed E-state index contributed by atoms with van der Waals surface area (Å²) in [5, 5.41) is 10.3. The molecule has 0 aromatic carbocycles. The van der Waals surface area contributed by atoms with Crippen molar-refractivity contribution in [3.8, 4) is 0 Å². The largest absolute Gasteiger partial charge is 1.00 e. The Morgan fingerprint density at radius 2 is 2.21 bits per heavy atom. The second kappa shape index (κ2) is 6.24. The fraction of sp³-hybridized carbons (Fsp3) is 0.600. The van der Waals surface area contributed by atoms with Crippen LogP contribution in [0.4, 0.5) is 0 Å². The summed E-state index contributed by atoms with van der Waals surface area (Å²) in [5.74, 6) is -0.665. The number of aliphatic imine (C=N–C) groups is 3. The Bertz CT molecular complexity index is 714. The number of amides is 1. The number of nitrogens with zero attached hydrogens (tertiary/aromatic N) is 4. The van der Waals surface area contributed by atoms with Gasteiger partial charge in [-0.15, -0.1) is 0 Å². The van der Waals surface area contributed by atoms with E-state index >= 15 is 0 Å². The molecule has 0 bridgehead atoms. The number of nitrogens with two attached hydrogens (primary N) is 1. The zero-order valence-electron chi connectivity index (χ0n) is 12.4. The Hall–Kier alpha value is -0.690. The van der Waals surface area contributed by atoms with E-state index in [1.165, 1.54) is 11.2 Å². The molecule has 0 spiro atoms. The van der Waals surface area contributed by atoms with Crippen LogP contribution in [0.5, 0.6) is 0 Å². The number of carbonyl (C=O) groups excluding carboxylic acids is 1. The normalized spacial score (nSPS) is 43.7. The zero-order chi connectivity index (χ0) is 16.4. The van der Waals surface area contributed by atoms with Gasteiger partial charge >= 0.3 is 29.6 Å². The number of ether oxygens (including phenoxy) is 1. The number of aliphatic hydroxyl groups is 1. The number of amidine groups is 1. The van der Waals surface area contributed by atoms with E-state index in [0.29, 0.717) is 0 Å². The van der Waals surface area contributed by atoms with E-state index in [2.05, 4.69) is 19.5 Å². The third-order valence-electron chi connectivity index (χ3n) is 3.77. The number of guanidine groups is 1. The molecule has 1 amide bonds. The molecule has 14 heteroatoms. The first-order valence-corrected chi connectivity index (χ1v) is 8.07. The van der Waals surface area contributed by atoms with Crippen LogP contribution in [0.1, 0.15) is 0 Å². The van der Waals surface area contributed by atoms with Gasteiger partial charge < -0.3 is 29.5 Å². The molecule has 0 aromatic heterocycles. The topological polar surface area (TPSA) is 171 Å². The molecule has 0 radical (unpaired) electrons. The Morgan fingerprint density at radius 3 is 2.96 bits per heavy atom. The van der Waals surface area contributed by atoms with Gasteiger partial charge in [-0.2, -0.15) is 9.98 Å². The fourth-order valence-corrected chi connectivity index (χ4v) is 3.72. The number of aliphatic hydroxyl groups excluding tert-OH is 1. The Labute approximate surface area is 157 Å². The third kappa shape index (κ3) is 2.87. The van der Waals surface area contributed by atoms with Gasteiger partial charge in [-0.25, -0.2) is 0 Å². The Balaban J connectivity index is 0.00000169. The number of phosphoric ester groups is 1. The molecule has 2 saturated heterocycles. The van der Waals surface area contributed by atoms with E-state index in [0.717, 1.165) is 0 Å². The number of phosphoric acid groups is 1. The van der Waals surface area contributed by atoms with Gasteiger partial charge in [0.2, 0.25) is 5.96 Å². The van der Waals surface area contributed by atoms with Crippen LogP contribution in [0.2, 0.25) is 0 Å². The number of rotatable bonds is 1. The van der Waals surface area contributed by atoms with Crippen LogP contribution in [0.15, 0.2) is 15.0 Å². The van der Waals surface area contributed by atoms with Crippen LogP contribution < -0.4 is 40.2 Å². The van der Waals surface area contributed by atoms with Gasteiger partial charge in [-0.05, 0) is 0 Å². The molecule has 3 N–H and O–H groups in total. The molecular weight excluding hydrogens is 356 g/mol. The molecule has 12 nitrogen and oxygen atoms in total. The molecule has 24 heavy (non-hydrogen) atoms.